The van der Waals surface area contributed by atoms with Gasteiger partial charge in [-0.15, -0.1) is 0 Å². The first-order chi connectivity index (χ1) is 11.4. The zero-order valence-electron chi connectivity index (χ0n) is 13.4. The van der Waals surface area contributed by atoms with Crippen LogP contribution in [0.1, 0.15) is 32.1 Å². The second kappa shape index (κ2) is 6.56. The lowest BCUT2D eigenvalue weighted by molar-refractivity contribution is 0.0511. The van der Waals surface area contributed by atoms with Crippen molar-refractivity contribution in [3.8, 4) is 11.4 Å². The Morgan fingerprint density at radius 3 is 2.58 bits per heavy atom. The van der Waals surface area contributed by atoms with E-state index in [-0.39, 0.29) is 37.6 Å². The van der Waals surface area contributed by atoms with Crippen LogP contribution >= 0.6 is 0 Å². The Hall–Kier alpha value is -1.87. The highest BCUT2D eigenvalue weighted by molar-refractivity contribution is 7.89. The molecule has 0 saturated carbocycles. The van der Waals surface area contributed by atoms with Crippen LogP contribution in [-0.2, 0) is 15.7 Å². The second-order valence-electron chi connectivity index (χ2n) is 5.84. The zero-order chi connectivity index (χ0) is 17.2. The SMILES string of the molecule is CCCS(=O)(=O)N1CCC(F)(c2nc(-c3ccncc3)no2)CC1. The standard InChI is InChI=1S/C15H19FN4O3S/c1-2-11-24(21,22)20-9-5-15(16,6-10-20)14-18-13(19-23-14)12-3-7-17-8-4-12/h3-4,7-8H,2,5-6,9-11H2,1H3. The Bertz CT molecular complexity index is 786. The van der Waals surface area contributed by atoms with Crippen LogP contribution in [0.3, 0.4) is 0 Å². The van der Waals surface area contributed by atoms with E-state index in [1.54, 1.807) is 31.5 Å². The summed E-state index contributed by atoms with van der Waals surface area (Å²) in [6, 6.07) is 3.42. The van der Waals surface area contributed by atoms with E-state index < -0.39 is 15.7 Å². The van der Waals surface area contributed by atoms with Crippen molar-refractivity contribution < 1.29 is 17.3 Å². The molecule has 7 nitrogen and oxygen atoms in total. The number of piperidine rings is 1. The lowest BCUT2D eigenvalue weighted by Gasteiger charge is -2.33. The van der Waals surface area contributed by atoms with E-state index >= 15 is 4.39 Å². The maximum absolute atomic E-state index is 15.2. The molecule has 0 bridgehead atoms. The normalized spacial score (nSPS) is 18.6. The number of halogens is 1. The van der Waals surface area contributed by atoms with Crippen LogP contribution in [0.15, 0.2) is 29.0 Å². The van der Waals surface area contributed by atoms with E-state index in [0.29, 0.717) is 17.8 Å². The van der Waals surface area contributed by atoms with Crippen LogP contribution in [-0.4, -0.2) is 46.7 Å². The lowest BCUT2D eigenvalue weighted by Crippen LogP contribution is -2.44. The molecule has 0 N–H and O–H groups in total. The van der Waals surface area contributed by atoms with Crippen LogP contribution in [0.2, 0.25) is 0 Å². The van der Waals surface area contributed by atoms with E-state index in [4.69, 9.17) is 4.52 Å². The second-order valence-corrected chi connectivity index (χ2v) is 7.93. The van der Waals surface area contributed by atoms with Crippen LogP contribution in [0.5, 0.6) is 0 Å². The summed E-state index contributed by atoms with van der Waals surface area (Å²) in [5.74, 6) is 0.284. The van der Waals surface area contributed by atoms with Gasteiger partial charge in [0.2, 0.25) is 15.8 Å². The Labute approximate surface area is 139 Å². The van der Waals surface area contributed by atoms with Gasteiger partial charge in [0.05, 0.1) is 5.75 Å². The van der Waals surface area contributed by atoms with Crippen LogP contribution in [0.25, 0.3) is 11.4 Å². The molecule has 0 amide bonds. The minimum Gasteiger partial charge on any atom is -0.335 e. The average Bonchev–Trinajstić information content (AvgIpc) is 3.07. The summed E-state index contributed by atoms with van der Waals surface area (Å²) >= 11 is 0. The molecule has 3 rings (SSSR count). The number of alkyl halides is 1. The third-order valence-corrected chi connectivity index (χ3v) is 6.19. The molecule has 1 aliphatic rings. The number of pyridine rings is 1. The Morgan fingerprint density at radius 2 is 1.96 bits per heavy atom. The first kappa shape index (κ1) is 17.0. The van der Waals surface area contributed by atoms with Crippen molar-refractivity contribution in [2.45, 2.75) is 31.9 Å². The molecule has 1 fully saturated rings. The number of nitrogens with zero attached hydrogens (tertiary/aromatic N) is 4. The quantitative estimate of drug-likeness (QED) is 0.817. The van der Waals surface area contributed by atoms with Crippen molar-refractivity contribution in [1.29, 1.82) is 0 Å². The van der Waals surface area contributed by atoms with Gasteiger partial charge in [-0.2, -0.15) is 4.98 Å². The van der Waals surface area contributed by atoms with Crippen molar-refractivity contribution in [2.24, 2.45) is 0 Å². The Balaban J connectivity index is 1.74. The molecule has 0 unspecified atom stereocenters. The molecule has 2 aromatic heterocycles. The van der Waals surface area contributed by atoms with Crippen LogP contribution in [0.4, 0.5) is 4.39 Å². The molecule has 1 aliphatic heterocycles. The average molecular weight is 354 g/mol. The molecule has 0 radical (unpaired) electrons. The van der Waals surface area contributed by atoms with Crippen molar-refractivity contribution in [1.82, 2.24) is 19.4 Å². The Kier molecular flexibility index (Phi) is 4.64. The van der Waals surface area contributed by atoms with Crippen molar-refractivity contribution >= 4 is 10.0 Å². The molecule has 0 atom stereocenters. The predicted molar refractivity (Wildman–Crippen MR) is 85.2 cm³/mol. The van der Waals surface area contributed by atoms with Gasteiger partial charge in [-0.05, 0) is 18.6 Å². The summed E-state index contributed by atoms with van der Waals surface area (Å²) in [6.45, 7) is 2.04. The van der Waals surface area contributed by atoms with Crippen LogP contribution in [0, 0.1) is 0 Å². The fraction of sp³-hybridized carbons (Fsp3) is 0.533. The van der Waals surface area contributed by atoms with E-state index in [1.165, 1.54) is 4.31 Å². The van der Waals surface area contributed by atoms with Gasteiger partial charge in [0.25, 0.3) is 5.89 Å². The zero-order valence-corrected chi connectivity index (χ0v) is 14.2. The van der Waals surface area contributed by atoms with Gasteiger partial charge in [-0.3, -0.25) is 4.98 Å². The molecule has 1 saturated heterocycles. The van der Waals surface area contributed by atoms with Gasteiger partial charge in [-0.25, -0.2) is 17.1 Å². The topological polar surface area (TPSA) is 89.2 Å². The third kappa shape index (κ3) is 3.32. The molecule has 0 aromatic carbocycles. The molecule has 0 spiro atoms. The first-order valence-corrected chi connectivity index (χ1v) is 9.47. The number of rotatable bonds is 5. The van der Waals surface area contributed by atoms with Crippen LogP contribution < -0.4 is 0 Å². The minimum absolute atomic E-state index is 0.00786. The maximum atomic E-state index is 15.2. The van der Waals surface area contributed by atoms with E-state index in [9.17, 15) is 8.42 Å². The molecule has 0 aliphatic carbocycles. The fourth-order valence-electron chi connectivity index (χ4n) is 2.74. The Morgan fingerprint density at radius 1 is 1.29 bits per heavy atom. The number of aromatic nitrogens is 3. The molecule has 3 heterocycles. The van der Waals surface area contributed by atoms with Gasteiger partial charge in [0, 0.05) is 43.9 Å². The van der Waals surface area contributed by atoms with E-state index in [0.717, 1.165) is 0 Å². The van der Waals surface area contributed by atoms with Gasteiger partial charge < -0.3 is 4.52 Å². The fourth-order valence-corrected chi connectivity index (χ4v) is 4.26. The van der Waals surface area contributed by atoms with Crippen molar-refractivity contribution in [3.05, 3.63) is 30.4 Å². The van der Waals surface area contributed by atoms with Gasteiger partial charge in [0.1, 0.15) is 0 Å². The van der Waals surface area contributed by atoms with Gasteiger partial charge >= 0.3 is 0 Å². The lowest BCUT2D eigenvalue weighted by atomic mass is 9.94. The number of hydrogen-bond donors (Lipinski definition) is 0. The first-order valence-electron chi connectivity index (χ1n) is 7.86. The largest absolute Gasteiger partial charge is 0.335 e. The summed E-state index contributed by atoms with van der Waals surface area (Å²) in [5, 5.41) is 3.82. The van der Waals surface area contributed by atoms with E-state index in [1.807, 2.05) is 0 Å². The summed E-state index contributed by atoms with van der Waals surface area (Å²) in [7, 11) is -3.31. The summed E-state index contributed by atoms with van der Waals surface area (Å²) in [4.78, 5) is 8.06. The predicted octanol–water partition coefficient (Wildman–Crippen LogP) is 2.13. The summed E-state index contributed by atoms with van der Waals surface area (Å²) in [5.41, 5.74) is -1.11. The maximum Gasteiger partial charge on any atom is 0.264 e. The third-order valence-electron chi connectivity index (χ3n) is 4.12. The highest BCUT2D eigenvalue weighted by atomic mass is 32.2. The highest BCUT2D eigenvalue weighted by Gasteiger charge is 2.43. The summed E-state index contributed by atoms with van der Waals surface area (Å²) < 4.78 is 45.7. The van der Waals surface area contributed by atoms with Gasteiger partial charge in [0.15, 0.2) is 5.67 Å². The minimum atomic E-state index is -3.31. The highest BCUT2D eigenvalue weighted by Crippen LogP contribution is 2.37. The molecular formula is C15H19FN4O3S. The monoisotopic (exact) mass is 354 g/mol. The van der Waals surface area contributed by atoms with Crippen molar-refractivity contribution in [2.75, 3.05) is 18.8 Å². The van der Waals surface area contributed by atoms with Gasteiger partial charge in [-0.1, -0.05) is 12.1 Å². The molecule has 2 aromatic rings. The van der Waals surface area contributed by atoms with E-state index in [2.05, 4.69) is 15.1 Å². The smallest absolute Gasteiger partial charge is 0.264 e. The molecule has 130 valence electrons. The number of sulfonamides is 1. The molecular weight excluding hydrogens is 335 g/mol. The molecule has 24 heavy (non-hydrogen) atoms. The molecule has 9 heteroatoms. The van der Waals surface area contributed by atoms with Crippen molar-refractivity contribution in [3.63, 3.8) is 0 Å². The summed E-state index contributed by atoms with van der Waals surface area (Å²) in [6.07, 6.45) is 3.74. The number of hydrogen-bond acceptors (Lipinski definition) is 6.